The molecule has 0 amide bonds. The number of hydrogen-bond acceptors (Lipinski definition) is 6. The van der Waals surface area contributed by atoms with Gasteiger partial charge in [0.1, 0.15) is 11.5 Å². The third-order valence-corrected chi connectivity index (χ3v) is 4.91. The maximum Gasteiger partial charge on any atom is 0.433 e. The number of rotatable bonds is 4. The zero-order valence-electron chi connectivity index (χ0n) is 15.0. The van der Waals surface area contributed by atoms with Crippen molar-refractivity contribution in [3.8, 4) is 0 Å². The van der Waals surface area contributed by atoms with Crippen LogP contribution in [0.15, 0.2) is 42.9 Å². The summed E-state index contributed by atoms with van der Waals surface area (Å²) in [5.74, 6) is 1.79. The summed E-state index contributed by atoms with van der Waals surface area (Å²) in [6.45, 7) is 2.36. The topological polar surface area (TPSA) is 66.8 Å². The normalized spacial score (nSPS) is 15.8. The number of halogens is 3. The Kier molecular flexibility index (Phi) is 4.97. The highest BCUT2D eigenvalue weighted by atomic mass is 19.4. The molecule has 0 radical (unpaired) electrons. The molecule has 6 nitrogen and oxygen atoms in total. The Bertz CT molecular complexity index is 939. The summed E-state index contributed by atoms with van der Waals surface area (Å²) in [5, 5.41) is 3.89. The first kappa shape index (κ1) is 18.4. The van der Waals surface area contributed by atoms with E-state index in [1.54, 1.807) is 18.5 Å². The Balaban J connectivity index is 1.43. The van der Waals surface area contributed by atoms with E-state index in [2.05, 4.69) is 30.2 Å². The third-order valence-electron chi connectivity index (χ3n) is 4.91. The van der Waals surface area contributed by atoms with Gasteiger partial charge in [-0.2, -0.15) is 13.2 Å². The second-order valence-corrected chi connectivity index (χ2v) is 6.78. The zero-order valence-corrected chi connectivity index (χ0v) is 15.0. The predicted molar refractivity (Wildman–Crippen MR) is 100.0 cm³/mol. The molecular weight excluding hydrogens is 369 g/mol. The van der Waals surface area contributed by atoms with Crippen LogP contribution in [-0.4, -0.2) is 39.6 Å². The Morgan fingerprint density at radius 1 is 1.00 bits per heavy atom. The van der Waals surface area contributed by atoms with E-state index in [4.69, 9.17) is 0 Å². The summed E-state index contributed by atoms with van der Waals surface area (Å²) in [6, 6.07) is 5.77. The largest absolute Gasteiger partial charge is 0.433 e. The van der Waals surface area contributed by atoms with Crippen LogP contribution in [0, 0.1) is 5.92 Å². The minimum atomic E-state index is -4.45. The van der Waals surface area contributed by atoms with E-state index in [0.717, 1.165) is 38.5 Å². The molecule has 0 saturated carbocycles. The molecule has 0 unspecified atom stereocenters. The minimum absolute atomic E-state index is 0.310. The van der Waals surface area contributed by atoms with Gasteiger partial charge in [-0.3, -0.25) is 0 Å². The van der Waals surface area contributed by atoms with Gasteiger partial charge in [0, 0.05) is 43.6 Å². The third kappa shape index (κ3) is 3.97. The van der Waals surface area contributed by atoms with Gasteiger partial charge in [0.15, 0.2) is 0 Å². The smallest absolute Gasteiger partial charge is 0.356 e. The van der Waals surface area contributed by atoms with Crippen molar-refractivity contribution in [1.29, 1.82) is 0 Å². The molecule has 0 aliphatic carbocycles. The molecule has 1 saturated heterocycles. The van der Waals surface area contributed by atoms with Crippen molar-refractivity contribution in [2.75, 3.05) is 29.9 Å². The van der Waals surface area contributed by atoms with Gasteiger partial charge in [-0.05, 0) is 43.0 Å². The van der Waals surface area contributed by atoms with Crippen molar-refractivity contribution in [3.05, 3.63) is 48.5 Å². The number of nitrogens with zero attached hydrogens (tertiary/aromatic N) is 5. The summed E-state index contributed by atoms with van der Waals surface area (Å²) in [5.41, 5.74) is -0.574. The maximum atomic E-state index is 12.9. The van der Waals surface area contributed by atoms with Gasteiger partial charge in [-0.1, -0.05) is 0 Å². The van der Waals surface area contributed by atoms with Crippen molar-refractivity contribution < 1.29 is 13.2 Å². The summed E-state index contributed by atoms with van der Waals surface area (Å²) in [7, 11) is 0. The summed E-state index contributed by atoms with van der Waals surface area (Å²) < 4.78 is 38.7. The molecule has 146 valence electrons. The molecule has 3 aromatic heterocycles. The Morgan fingerprint density at radius 3 is 2.46 bits per heavy atom. The number of aromatic nitrogens is 4. The second-order valence-electron chi connectivity index (χ2n) is 6.78. The van der Waals surface area contributed by atoms with Gasteiger partial charge < -0.3 is 10.2 Å². The monoisotopic (exact) mass is 388 g/mol. The van der Waals surface area contributed by atoms with Crippen LogP contribution in [0.5, 0.6) is 0 Å². The lowest BCUT2D eigenvalue weighted by atomic mass is 9.96. The van der Waals surface area contributed by atoms with Gasteiger partial charge in [0.05, 0.1) is 5.52 Å². The van der Waals surface area contributed by atoms with E-state index in [9.17, 15) is 13.2 Å². The van der Waals surface area contributed by atoms with Gasteiger partial charge in [-0.15, -0.1) is 0 Å². The molecule has 0 spiro atoms. The fraction of sp³-hybridized carbons (Fsp3) is 0.368. The van der Waals surface area contributed by atoms with Crippen LogP contribution < -0.4 is 10.2 Å². The molecule has 0 bridgehead atoms. The van der Waals surface area contributed by atoms with E-state index in [0.29, 0.717) is 28.6 Å². The van der Waals surface area contributed by atoms with E-state index in [1.807, 2.05) is 0 Å². The molecule has 1 aliphatic rings. The molecule has 9 heteroatoms. The van der Waals surface area contributed by atoms with Crippen LogP contribution in [0.3, 0.4) is 0 Å². The molecule has 1 N–H and O–H groups in total. The van der Waals surface area contributed by atoms with Crippen molar-refractivity contribution in [3.63, 3.8) is 0 Å². The lowest BCUT2D eigenvalue weighted by Crippen LogP contribution is -2.36. The van der Waals surface area contributed by atoms with Crippen molar-refractivity contribution in [2.45, 2.75) is 19.0 Å². The Labute approximate surface area is 159 Å². The van der Waals surface area contributed by atoms with Crippen LogP contribution in [0.4, 0.5) is 24.9 Å². The first-order valence-corrected chi connectivity index (χ1v) is 9.09. The van der Waals surface area contributed by atoms with E-state index in [1.165, 1.54) is 18.3 Å². The molecule has 28 heavy (non-hydrogen) atoms. The number of nitrogens with one attached hydrogen (secondary N) is 1. The van der Waals surface area contributed by atoms with Gasteiger partial charge >= 0.3 is 6.18 Å². The molecule has 1 aliphatic heterocycles. The second kappa shape index (κ2) is 7.57. The molecule has 1 fully saturated rings. The number of alkyl halides is 3. The lowest BCUT2D eigenvalue weighted by molar-refractivity contribution is -0.140. The van der Waals surface area contributed by atoms with Crippen LogP contribution in [0.25, 0.3) is 10.9 Å². The highest BCUT2D eigenvalue weighted by Gasteiger charge is 2.32. The maximum absolute atomic E-state index is 12.9. The van der Waals surface area contributed by atoms with Crippen LogP contribution in [-0.2, 0) is 6.18 Å². The number of piperidine rings is 1. The van der Waals surface area contributed by atoms with Crippen LogP contribution in [0.1, 0.15) is 18.5 Å². The quantitative estimate of drug-likeness (QED) is 0.734. The molecule has 4 rings (SSSR count). The van der Waals surface area contributed by atoms with E-state index >= 15 is 0 Å². The van der Waals surface area contributed by atoms with E-state index < -0.39 is 11.9 Å². The first-order valence-electron chi connectivity index (χ1n) is 9.09. The van der Waals surface area contributed by atoms with Crippen LogP contribution >= 0.6 is 0 Å². The fourth-order valence-electron chi connectivity index (χ4n) is 3.42. The summed E-state index contributed by atoms with van der Waals surface area (Å²) in [4.78, 5) is 18.6. The average molecular weight is 388 g/mol. The minimum Gasteiger partial charge on any atom is -0.356 e. The average Bonchev–Trinajstić information content (AvgIpc) is 2.72. The molecule has 3 aromatic rings. The molecular formula is C19H19F3N6. The molecule has 0 atom stereocenters. The van der Waals surface area contributed by atoms with E-state index in [-0.39, 0.29) is 0 Å². The molecule has 0 aromatic carbocycles. The number of anilines is 2. The SMILES string of the molecule is FC(F)(F)c1ccc2c(N3CCC(CNc4ncccn4)CC3)nccc2n1. The lowest BCUT2D eigenvalue weighted by Gasteiger charge is -2.33. The highest BCUT2D eigenvalue weighted by Crippen LogP contribution is 2.32. The number of fused-ring (bicyclic) bond motifs is 1. The van der Waals surface area contributed by atoms with Crippen LogP contribution in [0.2, 0.25) is 0 Å². The predicted octanol–water partition coefficient (Wildman–Crippen LogP) is 3.77. The zero-order chi connectivity index (χ0) is 19.6. The van der Waals surface area contributed by atoms with Gasteiger partial charge in [0.2, 0.25) is 5.95 Å². The number of hydrogen-bond donors (Lipinski definition) is 1. The van der Waals surface area contributed by atoms with Crippen molar-refractivity contribution in [2.24, 2.45) is 5.92 Å². The fourth-order valence-corrected chi connectivity index (χ4v) is 3.42. The standard InChI is InChI=1S/C19H19F3N6/c20-19(21,22)16-3-2-14-15(27-16)4-9-23-17(14)28-10-5-13(6-11-28)12-26-18-24-7-1-8-25-18/h1-4,7-9,13H,5-6,10-12H2,(H,24,25,26). The first-order chi connectivity index (χ1) is 13.5. The highest BCUT2D eigenvalue weighted by molar-refractivity contribution is 5.89. The summed E-state index contributed by atoms with van der Waals surface area (Å²) in [6.07, 6.45) is 2.36. The van der Waals surface area contributed by atoms with Gasteiger partial charge in [0.25, 0.3) is 0 Å². The number of pyridine rings is 2. The Hall–Kier alpha value is -2.97. The molecule has 4 heterocycles. The van der Waals surface area contributed by atoms with Crippen molar-refractivity contribution >= 4 is 22.7 Å². The summed E-state index contributed by atoms with van der Waals surface area (Å²) >= 11 is 0. The van der Waals surface area contributed by atoms with Gasteiger partial charge in [-0.25, -0.2) is 19.9 Å². The Morgan fingerprint density at radius 2 is 1.75 bits per heavy atom. The van der Waals surface area contributed by atoms with Crippen molar-refractivity contribution in [1.82, 2.24) is 19.9 Å².